The molecule has 4 atom stereocenters. The molecular formula is C33H33FN2O2S. The smallest absolute Gasteiger partial charge is 0.260 e. The van der Waals surface area contributed by atoms with E-state index >= 15 is 0 Å². The molecule has 200 valence electrons. The highest BCUT2D eigenvalue weighted by atomic mass is 32.2. The first-order valence-electron chi connectivity index (χ1n) is 13.9. The average Bonchev–Trinajstić information content (AvgIpc) is 2.97. The number of nitrogens with zero attached hydrogens (tertiary/aromatic N) is 1. The molecule has 6 heteroatoms. The van der Waals surface area contributed by atoms with E-state index in [9.17, 15) is 14.0 Å². The van der Waals surface area contributed by atoms with Gasteiger partial charge in [0, 0.05) is 23.8 Å². The summed E-state index contributed by atoms with van der Waals surface area (Å²) in [7, 11) is 0. The van der Waals surface area contributed by atoms with Gasteiger partial charge in [-0.05, 0) is 79.0 Å². The third kappa shape index (κ3) is 5.67. The second kappa shape index (κ2) is 11.4. The van der Waals surface area contributed by atoms with Crippen molar-refractivity contribution >= 4 is 29.7 Å². The van der Waals surface area contributed by atoms with Crippen LogP contribution in [0.15, 0.2) is 83.8 Å². The van der Waals surface area contributed by atoms with Gasteiger partial charge in [-0.2, -0.15) is 0 Å². The summed E-state index contributed by atoms with van der Waals surface area (Å²) in [5, 5.41) is 3.58. The maximum Gasteiger partial charge on any atom is 0.260 e. The number of hydrogen-bond acceptors (Lipinski definition) is 3. The Labute approximate surface area is 233 Å². The molecule has 1 N–H and O–H groups in total. The molecule has 2 fully saturated rings. The Morgan fingerprint density at radius 2 is 1.74 bits per heavy atom. The molecule has 1 aliphatic heterocycles. The lowest BCUT2D eigenvalue weighted by Crippen LogP contribution is -2.53. The highest BCUT2D eigenvalue weighted by Gasteiger charge is 2.44. The highest BCUT2D eigenvalue weighted by Crippen LogP contribution is 2.44. The standard InChI is InChI=1S/C33H33FN2O2S/c34-26-16-13-23(14-17-26)21-36-29-20-25(32(37)35-28-12-6-10-24-9-4-5-11-27(24)28)15-18-30(29)39-31(33(36)38)19-22-7-2-1-3-8-22/h1-5,7-9,11,13-14,16-17,19,25,28-30H,6,10,12,15,18,20-21H2,(H,35,37)/b31-19-. The monoisotopic (exact) mass is 540 g/mol. The molecule has 1 saturated heterocycles. The van der Waals surface area contributed by atoms with Gasteiger partial charge in [0.2, 0.25) is 5.91 Å². The maximum absolute atomic E-state index is 13.8. The molecule has 0 aromatic heterocycles. The molecule has 4 nitrogen and oxygen atoms in total. The fourth-order valence-electron chi connectivity index (χ4n) is 6.29. The Balaban J connectivity index is 1.23. The fourth-order valence-corrected chi connectivity index (χ4v) is 7.71. The summed E-state index contributed by atoms with van der Waals surface area (Å²) in [5.74, 6) is -0.346. The van der Waals surface area contributed by atoms with E-state index in [4.69, 9.17) is 0 Å². The number of amides is 2. The van der Waals surface area contributed by atoms with E-state index in [1.54, 1.807) is 23.9 Å². The third-order valence-electron chi connectivity index (χ3n) is 8.33. The van der Waals surface area contributed by atoms with Crippen LogP contribution in [0.25, 0.3) is 6.08 Å². The summed E-state index contributed by atoms with van der Waals surface area (Å²) in [4.78, 5) is 30.1. The lowest BCUT2D eigenvalue weighted by Gasteiger charge is -2.46. The number of thioether (sulfide) groups is 1. The van der Waals surface area contributed by atoms with Crippen LogP contribution in [0.1, 0.15) is 60.4 Å². The summed E-state index contributed by atoms with van der Waals surface area (Å²) in [5.41, 5.74) is 4.45. The molecule has 4 unspecified atom stereocenters. The van der Waals surface area contributed by atoms with E-state index in [2.05, 4.69) is 23.5 Å². The second-order valence-electron chi connectivity index (χ2n) is 10.9. The number of fused-ring (bicyclic) bond motifs is 2. The number of nitrogens with one attached hydrogen (secondary N) is 1. The van der Waals surface area contributed by atoms with Gasteiger partial charge in [0.1, 0.15) is 5.82 Å². The zero-order valence-electron chi connectivity index (χ0n) is 21.9. The van der Waals surface area contributed by atoms with Crippen LogP contribution in [0.5, 0.6) is 0 Å². The van der Waals surface area contributed by atoms with Crippen LogP contribution in [-0.2, 0) is 22.6 Å². The number of carbonyl (C=O) groups excluding carboxylic acids is 2. The SMILES string of the molecule is O=C(NC1CCCc2ccccc21)C1CCC2S/C(=C\c3ccccc3)C(=O)N(Cc3ccc(F)cc3)C2C1. The summed E-state index contributed by atoms with van der Waals surface area (Å²) in [6.45, 7) is 0.400. The van der Waals surface area contributed by atoms with Gasteiger partial charge >= 0.3 is 0 Å². The third-order valence-corrected chi connectivity index (χ3v) is 9.72. The number of hydrogen-bond donors (Lipinski definition) is 1. The molecule has 2 amide bonds. The summed E-state index contributed by atoms with van der Waals surface area (Å²) in [6, 6.07) is 24.7. The number of benzene rings is 3. The van der Waals surface area contributed by atoms with Crippen LogP contribution in [0, 0.1) is 11.7 Å². The van der Waals surface area contributed by atoms with Crippen molar-refractivity contribution in [2.24, 2.45) is 5.92 Å². The number of rotatable bonds is 5. The molecule has 0 spiro atoms. The van der Waals surface area contributed by atoms with E-state index in [0.29, 0.717) is 13.0 Å². The molecule has 3 aromatic rings. The van der Waals surface area contributed by atoms with Gasteiger partial charge in [-0.25, -0.2) is 4.39 Å². The van der Waals surface area contributed by atoms with Crippen LogP contribution >= 0.6 is 11.8 Å². The average molecular weight is 541 g/mol. The zero-order chi connectivity index (χ0) is 26.8. The van der Waals surface area contributed by atoms with Crippen molar-refractivity contribution in [3.63, 3.8) is 0 Å². The summed E-state index contributed by atoms with van der Waals surface area (Å²) in [6.07, 6.45) is 7.39. The first-order chi connectivity index (χ1) is 19.0. The molecular weight excluding hydrogens is 507 g/mol. The van der Waals surface area contributed by atoms with Gasteiger partial charge in [0.05, 0.1) is 10.9 Å². The van der Waals surface area contributed by atoms with Gasteiger partial charge in [0.25, 0.3) is 5.91 Å². The molecule has 0 bridgehead atoms. The first kappa shape index (κ1) is 25.9. The van der Waals surface area contributed by atoms with Crippen LogP contribution < -0.4 is 5.32 Å². The molecule has 1 saturated carbocycles. The van der Waals surface area contributed by atoms with Crippen molar-refractivity contribution in [1.29, 1.82) is 0 Å². The Hall–Kier alpha value is -3.38. The number of aryl methyl sites for hydroxylation is 1. The van der Waals surface area contributed by atoms with Crippen LogP contribution in [0.2, 0.25) is 0 Å². The number of carbonyl (C=O) groups is 2. The van der Waals surface area contributed by atoms with Gasteiger partial charge in [-0.1, -0.05) is 66.7 Å². The van der Waals surface area contributed by atoms with E-state index in [0.717, 1.165) is 48.1 Å². The minimum atomic E-state index is -0.291. The van der Waals surface area contributed by atoms with Gasteiger partial charge < -0.3 is 10.2 Å². The molecule has 39 heavy (non-hydrogen) atoms. The Bertz CT molecular complexity index is 1370. The van der Waals surface area contributed by atoms with Gasteiger partial charge in [-0.3, -0.25) is 9.59 Å². The van der Waals surface area contributed by atoms with E-state index in [-0.39, 0.29) is 40.9 Å². The number of halogens is 1. The van der Waals surface area contributed by atoms with E-state index < -0.39 is 0 Å². The summed E-state index contributed by atoms with van der Waals surface area (Å²) < 4.78 is 13.6. The quantitative estimate of drug-likeness (QED) is 0.368. The molecule has 0 radical (unpaired) electrons. The van der Waals surface area contributed by atoms with Crippen LogP contribution in [-0.4, -0.2) is 28.0 Å². The van der Waals surface area contributed by atoms with Gasteiger partial charge in [0.15, 0.2) is 0 Å². The minimum absolute atomic E-state index is 0.0169. The molecule has 6 rings (SSSR count). The second-order valence-corrected chi connectivity index (χ2v) is 12.1. The Kier molecular flexibility index (Phi) is 7.55. The minimum Gasteiger partial charge on any atom is -0.349 e. The van der Waals surface area contributed by atoms with Crippen molar-refractivity contribution in [2.75, 3.05) is 0 Å². The predicted molar refractivity (Wildman–Crippen MR) is 154 cm³/mol. The van der Waals surface area contributed by atoms with Crippen molar-refractivity contribution < 1.29 is 14.0 Å². The summed E-state index contributed by atoms with van der Waals surface area (Å²) >= 11 is 1.65. The van der Waals surface area contributed by atoms with Crippen LogP contribution in [0.3, 0.4) is 0 Å². The molecule has 3 aromatic carbocycles. The molecule has 2 aliphatic carbocycles. The maximum atomic E-state index is 13.8. The lowest BCUT2D eigenvalue weighted by atomic mass is 9.82. The Morgan fingerprint density at radius 3 is 2.56 bits per heavy atom. The topological polar surface area (TPSA) is 49.4 Å². The predicted octanol–water partition coefficient (Wildman–Crippen LogP) is 6.67. The fraction of sp³-hybridized carbons (Fsp3) is 0.333. The van der Waals surface area contributed by atoms with Gasteiger partial charge in [-0.15, -0.1) is 11.8 Å². The zero-order valence-corrected chi connectivity index (χ0v) is 22.7. The van der Waals surface area contributed by atoms with Crippen molar-refractivity contribution in [2.45, 2.75) is 62.4 Å². The molecule has 1 heterocycles. The largest absolute Gasteiger partial charge is 0.349 e. The van der Waals surface area contributed by atoms with Crippen LogP contribution in [0.4, 0.5) is 4.39 Å². The van der Waals surface area contributed by atoms with E-state index in [1.165, 1.54) is 23.3 Å². The highest BCUT2D eigenvalue weighted by molar-refractivity contribution is 8.04. The first-order valence-corrected chi connectivity index (χ1v) is 14.8. The molecule has 3 aliphatic rings. The lowest BCUT2D eigenvalue weighted by molar-refractivity contribution is -0.134. The van der Waals surface area contributed by atoms with Crippen molar-refractivity contribution in [1.82, 2.24) is 10.2 Å². The Morgan fingerprint density at radius 1 is 0.974 bits per heavy atom. The van der Waals surface area contributed by atoms with Crippen molar-refractivity contribution in [3.05, 3.63) is 112 Å². The van der Waals surface area contributed by atoms with E-state index in [1.807, 2.05) is 47.4 Å². The normalized spacial score (nSPS) is 25.6. The van der Waals surface area contributed by atoms with Crippen molar-refractivity contribution in [3.8, 4) is 0 Å².